The average molecular weight is 613 g/mol. The molecule has 222 valence electrons. The lowest BCUT2D eigenvalue weighted by Gasteiger charge is -2.23. The molecule has 42 heavy (non-hydrogen) atoms. The lowest BCUT2D eigenvalue weighted by molar-refractivity contribution is -0.163. The number of ether oxygens (including phenoxy) is 4. The molecule has 4 aromatic rings. The standard InChI is InChI=1S/C31H35Cl2N5O4/c1-21(31-25(32)18-34-19-26(31)33)42-23-9-11-28-24(16-23)27(36-38(28)29-6-2-4-13-39-29)10-8-22-17-35-37(20-22)12-15-41-30-7-3-5-14-40-30/h8-11,16-21,29-30H,2-7,12-15H2,1H3. The number of benzene rings is 1. The van der Waals surface area contributed by atoms with Crippen LogP contribution in [0, 0.1) is 0 Å². The van der Waals surface area contributed by atoms with Gasteiger partial charge in [0.15, 0.2) is 12.5 Å². The number of aromatic nitrogens is 5. The van der Waals surface area contributed by atoms with Gasteiger partial charge in [0, 0.05) is 48.3 Å². The highest BCUT2D eigenvalue weighted by Gasteiger charge is 2.22. The van der Waals surface area contributed by atoms with E-state index in [9.17, 15) is 0 Å². The highest BCUT2D eigenvalue weighted by atomic mass is 35.5. The number of fused-ring (bicyclic) bond motifs is 1. The van der Waals surface area contributed by atoms with Crippen LogP contribution in [0.5, 0.6) is 5.75 Å². The van der Waals surface area contributed by atoms with Gasteiger partial charge in [-0.05, 0) is 75.8 Å². The molecule has 2 aliphatic heterocycles. The molecule has 0 N–H and O–H groups in total. The molecular formula is C31H35Cl2N5O4. The van der Waals surface area contributed by atoms with Crippen molar-refractivity contribution in [1.29, 1.82) is 0 Å². The summed E-state index contributed by atoms with van der Waals surface area (Å²) < 4.78 is 27.8. The number of nitrogens with zero attached hydrogens (tertiary/aromatic N) is 5. The van der Waals surface area contributed by atoms with Gasteiger partial charge >= 0.3 is 0 Å². The van der Waals surface area contributed by atoms with Crippen LogP contribution < -0.4 is 4.74 Å². The maximum Gasteiger partial charge on any atom is 0.157 e. The average Bonchev–Trinajstić information content (AvgIpc) is 3.61. The quantitative estimate of drug-likeness (QED) is 0.184. The Balaban J connectivity index is 1.22. The van der Waals surface area contributed by atoms with Gasteiger partial charge < -0.3 is 18.9 Å². The molecule has 3 atom stereocenters. The third kappa shape index (κ3) is 6.82. The molecule has 2 aliphatic rings. The predicted molar refractivity (Wildman–Crippen MR) is 163 cm³/mol. The van der Waals surface area contributed by atoms with Crippen molar-refractivity contribution in [1.82, 2.24) is 24.5 Å². The summed E-state index contributed by atoms with van der Waals surface area (Å²) in [5.41, 5.74) is 3.49. The Labute approximate surface area is 255 Å². The van der Waals surface area contributed by atoms with E-state index in [2.05, 4.69) is 10.1 Å². The Kier molecular flexibility index (Phi) is 9.41. The molecule has 0 bridgehead atoms. The van der Waals surface area contributed by atoms with Crippen LogP contribution in [0.3, 0.4) is 0 Å². The Morgan fingerprint density at radius 1 is 1.02 bits per heavy atom. The highest BCUT2D eigenvalue weighted by Crippen LogP contribution is 2.35. The number of pyridine rings is 1. The van der Waals surface area contributed by atoms with E-state index in [-0.39, 0.29) is 18.6 Å². The lowest BCUT2D eigenvalue weighted by Crippen LogP contribution is -2.24. The van der Waals surface area contributed by atoms with E-state index in [1.807, 2.05) is 59.0 Å². The van der Waals surface area contributed by atoms with Crippen molar-refractivity contribution in [3.8, 4) is 5.75 Å². The van der Waals surface area contributed by atoms with Crippen molar-refractivity contribution < 1.29 is 18.9 Å². The molecule has 0 aliphatic carbocycles. The summed E-state index contributed by atoms with van der Waals surface area (Å²) in [6, 6.07) is 5.99. The van der Waals surface area contributed by atoms with Crippen molar-refractivity contribution >= 4 is 46.3 Å². The van der Waals surface area contributed by atoms with Crippen LogP contribution in [0.25, 0.3) is 23.1 Å². The van der Waals surface area contributed by atoms with Crippen molar-refractivity contribution in [3.05, 3.63) is 69.9 Å². The van der Waals surface area contributed by atoms with E-state index < -0.39 is 0 Å². The lowest BCUT2D eigenvalue weighted by atomic mass is 10.1. The Bertz CT molecular complexity index is 1500. The molecule has 0 spiro atoms. The molecule has 6 rings (SSSR count). The normalized spacial score (nSPS) is 20.4. The van der Waals surface area contributed by atoms with Crippen molar-refractivity contribution in [2.24, 2.45) is 0 Å². The minimum absolute atomic E-state index is 0.0965. The maximum atomic E-state index is 6.38. The zero-order valence-electron chi connectivity index (χ0n) is 23.6. The van der Waals surface area contributed by atoms with E-state index in [1.54, 1.807) is 12.4 Å². The molecule has 0 saturated carbocycles. The second-order valence-corrected chi connectivity index (χ2v) is 11.5. The van der Waals surface area contributed by atoms with Crippen LogP contribution in [0.2, 0.25) is 10.0 Å². The zero-order valence-corrected chi connectivity index (χ0v) is 25.1. The third-order valence-electron chi connectivity index (χ3n) is 7.59. The molecule has 2 saturated heterocycles. The first-order chi connectivity index (χ1) is 20.5. The van der Waals surface area contributed by atoms with Crippen LogP contribution in [0.15, 0.2) is 43.0 Å². The van der Waals surface area contributed by atoms with E-state index in [4.69, 9.17) is 47.2 Å². The Morgan fingerprint density at radius 3 is 2.60 bits per heavy atom. The van der Waals surface area contributed by atoms with Crippen LogP contribution in [-0.2, 0) is 20.8 Å². The van der Waals surface area contributed by atoms with E-state index >= 15 is 0 Å². The summed E-state index contributed by atoms with van der Waals surface area (Å²) in [5, 5.41) is 11.4. The van der Waals surface area contributed by atoms with Gasteiger partial charge in [-0.2, -0.15) is 10.2 Å². The molecule has 9 nitrogen and oxygen atoms in total. The van der Waals surface area contributed by atoms with Crippen LogP contribution in [0.1, 0.15) is 74.6 Å². The molecule has 3 aromatic heterocycles. The fourth-order valence-electron chi connectivity index (χ4n) is 5.43. The van der Waals surface area contributed by atoms with Gasteiger partial charge in [-0.25, -0.2) is 4.68 Å². The first kappa shape index (κ1) is 29.1. The van der Waals surface area contributed by atoms with Gasteiger partial charge in [0.25, 0.3) is 0 Å². The van der Waals surface area contributed by atoms with Gasteiger partial charge in [0.05, 0.1) is 40.6 Å². The number of rotatable bonds is 10. The smallest absolute Gasteiger partial charge is 0.157 e. The summed E-state index contributed by atoms with van der Waals surface area (Å²) in [7, 11) is 0. The molecule has 11 heteroatoms. The predicted octanol–water partition coefficient (Wildman–Crippen LogP) is 7.49. The first-order valence-corrected chi connectivity index (χ1v) is 15.3. The monoisotopic (exact) mass is 611 g/mol. The molecule has 3 unspecified atom stereocenters. The number of hydrogen-bond acceptors (Lipinski definition) is 7. The van der Waals surface area contributed by atoms with Gasteiger partial charge in [-0.3, -0.25) is 9.67 Å². The van der Waals surface area contributed by atoms with E-state index in [0.29, 0.717) is 34.5 Å². The minimum atomic E-state index is -0.374. The van der Waals surface area contributed by atoms with Crippen molar-refractivity contribution in [2.75, 3.05) is 19.8 Å². The van der Waals surface area contributed by atoms with Gasteiger partial charge in [0.1, 0.15) is 11.9 Å². The highest BCUT2D eigenvalue weighted by molar-refractivity contribution is 6.35. The maximum absolute atomic E-state index is 6.38. The van der Waals surface area contributed by atoms with Gasteiger partial charge in [-0.15, -0.1) is 0 Å². The minimum Gasteiger partial charge on any atom is -0.486 e. The Hall–Kier alpha value is -2.95. The van der Waals surface area contributed by atoms with Gasteiger partial charge in [0.2, 0.25) is 0 Å². The SMILES string of the molecule is CC(Oc1ccc2c(c1)c(C=Cc1cnn(CCOC3CCCCO3)c1)nn2C1CCCCO1)c1c(Cl)cncc1Cl. The summed E-state index contributed by atoms with van der Waals surface area (Å²) in [4.78, 5) is 4.05. The third-order valence-corrected chi connectivity index (χ3v) is 8.20. The number of hydrogen-bond donors (Lipinski definition) is 0. The van der Waals surface area contributed by atoms with Crippen molar-refractivity contribution in [3.63, 3.8) is 0 Å². The van der Waals surface area contributed by atoms with Crippen LogP contribution in [-0.4, -0.2) is 50.7 Å². The Morgan fingerprint density at radius 2 is 1.83 bits per heavy atom. The molecule has 0 radical (unpaired) electrons. The summed E-state index contributed by atoms with van der Waals surface area (Å²) in [6.45, 7) is 4.65. The summed E-state index contributed by atoms with van der Waals surface area (Å²) in [5.74, 6) is 0.687. The van der Waals surface area contributed by atoms with E-state index in [1.165, 1.54) is 0 Å². The van der Waals surface area contributed by atoms with Crippen LogP contribution in [0.4, 0.5) is 0 Å². The first-order valence-electron chi connectivity index (χ1n) is 14.6. The topological polar surface area (TPSA) is 85.5 Å². The van der Waals surface area contributed by atoms with E-state index in [0.717, 1.165) is 73.9 Å². The van der Waals surface area contributed by atoms with Gasteiger partial charge in [-0.1, -0.05) is 23.2 Å². The molecule has 1 aromatic carbocycles. The second-order valence-electron chi connectivity index (χ2n) is 10.6. The molecule has 0 amide bonds. The zero-order chi connectivity index (χ0) is 28.9. The molecule has 5 heterocycles. The largest absolute Gasteiger partial charge is 0.486 e. The summed E-state index contributed by atoms with van der Waals surface area (Å²) >= 11 is 12.8. The second kappa shape index (κ2) is 13.6. The van der Waals surface area contributed by atoms with Crippen molar-refractivity contribution in [2.45, 2.75) is 70.6 Å². The fraction of sp³-hybridized carbons (Fsp3) is 0.452. The summed E-state index contributed by atoms with van der Waals surface area (Å²) in [6.07, 6.45) is 16.8. The number of halogens is 2. The van der Waals surface area contributed by atoms with Crippen LogP contribution >= 0.6 is 23.2 Å². The molecule has 2 fully saturated rings. The fourth-order valence-corrected chi connectivity index (χ4v) is 6.10. The molecular weight excluding hydrogens is 577 g/mol.